The molecule has 4 unspecified atom stereocenters. The van der Waals surface area contributed by atoms with Gasteiger partial charge < -0.3 is 15.0 Å². The molecule has 0 spiro atoms. The molecule has 0 aromatic rings. The van der Waals surface area contributed by atoms with E-state index in [1.54, 1.807) is 0 Å². The SMILES string of the molecule is Cl.O=C(CC1CC2CCC(C1)N2)N1CCOC2CCCC21. The maximum atomic E-state index is 12.7. The fraction of sp³-hybridized carbons (Fsp3) is 0.938. The van der Waals surface area contributed by atoms with Gasteiger partial charge in [-0.15, -0.1) is 12.4 Å². The van der Waals surface area contributed by atoms with Crippen molar-refractivity contribution in [3.8, 4) is 0 Å². The van der Waals surface area contributed by atoms with Crippen LogP contribution in [-0.2, 0) is 9.53 Å². The van der Waals surface area contributed by atoms with Crippen LogP contribution in [0.5, 0.6) is 0 Å². The van der Waals surface area contributed by atoms with E-state index in [1.807, 2.05) is 0 Å². The van der Waals surface area contributed by atoms with Gasteiger partial charge in [-0.25, -0.2) is 0 Å². The zero-order valence-electron chi connectivity index (χ0n) is 12.6. The highest BCUT2D eigenvalue weighted by Crippen LogP contribution is 2.35. The number of piperidine rings is 1. The lowest BCUT2D eigenvalue weighted by Gasteiger charge is -2.39. The van der Waals surface area contributed by atoms with Gasteiger partial charge >= 0.3 is 0 Å². The Hall–Kier alpha value is -0.320. The number of morpholine rings is 1. The number of carbonyl (C=O) groups excluding carboxylic acids is 1. The summed E-state index contributed by atoms with van der Waals surface area (Å²) in [6.07, 6.45) is 9.67. The van der Waals surface area contributed by atoms with E-state index in [1.165, 1.54) is 32.1 Å². The first kappa shape index (κ1) is 15.6. The molecule has 1 amide bonds. The molecule has 0 radical (unpaired) electrons. The molecule has 0 aromatic carbocycles. The van der Waals surface area contributed by atoms with Crippen LogP contribution in [0.25, 0.3) is 0 Å². The maximum absolute atomic E-state index is 12.7. The highest BCUT2D eigenvalue weighted by atomic mass is 35.5. The van der Waals surface area contributed by atoms with Crippen molar-refractivity contribution in [3.63, 3.8) is 0 Å². The van der Waals surface area contributed by atoms with Gasteiger partial charge in [0.2, 0.25) is 5.91 Å². The summed E-state index contributed by atoms with van der Waals surface area (Å²) in [5.74, 6) is 1.01. The molecular formula is C16H27ClN2O2. The van der Waals surface area contributed by atoms with Crippen molar-refractivity contribution in [3.05, 3.63) is 0 Å². The predicted octanol–water partition coefficient (Wildman–Crippen LogP) is 2.11. The van der Waals surface area contributed by atoms with E-state index in [9.17, 15) is 4.79 Å². The minimum atomic E-state index is 0. The lowest BCUT2D eigenvalue weighted by molar-refractivity contribution is -0.145. The van der Waals surface area contributed by atoms with Crippen molar-refractivity contribution in [1.82, 2.24) is 10.2 Å². The molecule has 21 heavy (non-hydrogen) atoms. The van der Waals surface area contributed by atoms with Gasteiger partial charge in [0.15, 0.2) is 0 Å². The molecule has 0 aromatic heterocycles. The molecule has 4 atom stereocenters. The molecule has 4 fully saturated rings. The Balaban J connectivity index is 0.00000132. The lowest BCUT2D eigenvalue weighted by Crippen LogP contribution is -2.52. The molecule has 1 N–H and O–H groups in total. The molecule has 120 valence electrons. The minimum absolute atomic E-state index is 0. The quantitative estimate of drug-likeness (QED) is 0.849. The van der Waals surface area contributed by atoms with Crippen LogP contribution in [0.2, 0.25) is 0 Å². The number of amides is 1. The maximum Gasteiger partial charge on any atom is 0.223 e. The van der Waals surface area contributed by atoms with Crippen LogP contribution in [0.4, 0.5) is 0 Å². The number of hydrogen-bond acceptors (Lipinski definition) is 3. The first-order valence-corrected chi connectivity index (χ1v) is 8.47. The standard InChI is InChI=1S/C16H26N2O2.ClH/c19-16(10-11-8-12-4-5-13(9-11)17-12)18-6-7-20-15-3-1-2-14(15)18;/h11-15,17H,1-10H2;1H. The third-order valence-electron chi connectivity index (χ3n) is 5.84. The van der Waals surface area contributed by atoms with Gasteiger partial charge in [-0.1, -0.05) is 0 Å². The van der Waals surface area contributed by atoms with Crippen molar-refractivity contribution in [2.45, 2.75) is 75.6 Å². The Morgan fingerprint density at radius 3 is 2.67 bits per heavy atom. The summed E-state index contributed by atoms with van der Waals surface area (Å²) in [5.41, 5.74) is 0. The van der Waals surface area contributed by atoms with Gasteiger partial charge in [0.05, 0.1) is 18.8 Å². The second-order valence-electron chi connectivity index (χ2n) is 7.17. The van der Waals surface area contributed by atoms with Gasteiger partial charge in [0.25, 0.3) is 0 Å². The number of fused-ring (bicyclic) bond motifs is 3. The van der Waals surface area contributed by atoms with Crippen LogP contribution >= 0.6 is 12.4 Å². The number of nitrogens with one attached hydrogen (secondary N) is 1. The summed E-state index contributed by atoms with van der Waals surface area (Å²) in [6, 6.07) is 1.76. The van der Waals surface area contributed by atoms with E-state index in [4.69, 9.17) is 4.74 Å². The zero-order chi connectivity index (χ0) is 13.5. The average molecular weight is 315 g/mol. The first-order chi connectivity index (χ1) is 9.79. The Kier molecular flexibility index (Phi) is 4.77. The van der Waals surface area contributed by atoms with Crippen molar-refractivity contribution >= 4 is 18.3 Å². The van der Waals surface area contributed by atoms with E-state index >= 15 is 0 Å². The Bertz CT molecular complexity index is 380. The summed E-state index contributed by atoms with van der Waals surface area (Å²) in [7, 11) is 0. The Morgan fingerprint density at radius 1 is 1.14 bits per heavy atom. The molecule has 3 saturated heterocycles. The summed E-state index contributed by atoms with van der Waals surface area (Å²) in [4.78, 5) is 14.9. The van der Waals surface area contributed by atoms with Crippen LogP contribution in [0.1, 0.15) is 51.4 Å². The molecule has 1 aliphatic carbocycles. The van der Waals surface area contributed by atoms with E-state index in [2.05, 4.69) is 10.2 Å². The molecule has 3 aliphatic heterocycles. The van der Waals surface area contributed by atoms with Gasteiger partial charge in [0, 0.05) is 25.0 Å². The summed E-state index contributed by atoms with van der Waals surface area (Å²) in [6.45, 7) is 1.56. The molecule has 5 heteroatoms. The molecule has 3 heterocycles. The van der Waals surface area contributed by atoms with E-state index in [0.29, 0.717) is 36.1 Å². The highest BCUT2D eigenvalue weighted by molar-refractivity contribution is 5.85. The number of nitrogens with zero attached hydrogens (tertiary/aromatic N) is 1. The van der Waals surface area contributed by atoms with Crippen LogP contribution in [0.3, 0.4) is 0 Å². The van der Waals surface area contributed by atoms with E-state index in [-0.39, 0.29) is 12.4 Å². The second-order valence-corrected chi connectivity index (χ2v) is 7.17. The zero-order valence-corrected chi connectivity index (χ0v) is 13.4. The monoisotopic (exact) mass is 314 g/mol. The third kappa shape index (κ3) is 3.08. The predicted molar refractivity (Wildman–Crippen MR) is 83.6 cm³/mol. The van der Waals surface area contributed by atoms with Gasteiger partial charge in [0.1, 0.15) is 0 Å². The Labute approximate surface area is 133 Å². The highest BCUT2D eigenvalue weighted by Gasteiger charge is 2.40. The average Bonchev–Trinajstić information content (AvgIpc) is 3.04. The van der Waals surface area contributed by atoms with Crippen molar-refractivity contribution in [1.29, 1.82) is 0 Å². The fourth-order valence-electron chi connectivity index (χ4n) is 4.94. The normalized spacial score (nSPS) is 41.5. The van der Waals surface area contributed by atoms with Gasteiger partial charge in [-0.3, -0.25) is 4.79 Å². The van der Waals surface area contributed by atoms with Crippen molar-refractivity contribution in [2.75, 3.05) is 13.2 Å². The van der Waals surface area contributed by atoms with E-state index < -0.39 is 0 Å². The van der Waals surface area contributed by atoms with Crippen LogP contribution in [0, 0.1) is 5.92 Å². The third-order valence-corrected chi connectivity index (χ3v) is 5.84. The first-order valence-electron chi connectivity index (χ1n) is 8.47. The van der Waals surface area contributed by atoms with Crippen LogP contribution in [-0.4, -0.2) is 48.2 Å². The number of carbonyl (C=O) groups is 1. The number of hydrogen-bond donors (Lipinski definition) is 1. The summed E-state index contributed by atoms with van der Waals surface area (Å²) in [5, 5.41) is 3.67. The van der Waals surface area contributed by atoms with Crippen LogP contribution in [0.15, 0.2) is 0 Å². The van der Waals surface area contributed by atoms with Crippen LogP contribution < -0.4 is 5.32 Å². The topological polar surface area (TPSA) is 41.6 Å². The smallest absolute Gasteiger partial charge is 0.223 e. The fourth-order valence-corrected chi connectivity index (χ4v) is 4.94. The lowest BCUT2D eigenvalue weighted by atomic mass is 9.89. The second kappa shape index (κ2) is 6.43. The Morgan fingerprint density at radius 2 is 1.90 bits per heavy atom. The van der Waals surface area contributed by atoms with E-state index in [0.717, 1.165) is 32.4 Å². The van der Waals surface area contributed by atoms with Gasteiger partial charge in [-0.2, -0.15) is 0 Å². The number of halogens is 1. The number of ether oxygens (including phenoxy) is 1. The molecule has 4 rings (SSSR count). The number of rotatable bonds is 2. The molecule has 1 saturated carbocycles. The minimum Gasteiger partial charge on any atom is -0.374 e. The largest absolute Gasteiger partial charge is 0.374 e. The molecular weight excluding hydrogens is 288 g/mol. The van der Waals surface area contributed by atoms with Crippen molar-refractivity contribution in [2.24, 2.45) is 5.92 Å². The molecule has 4 aliphatic rings. The van der Waals surface area contributed by atoms with Gasteiger partial charge in [-0.05, 0) is 50.9 Å². The summed E-state index contributed by atoms with van der Waals surface area (Å²) >= 11 is 0. The van der Waals surface area contributed by atoms with Crippen molar-refractivity contribution < 1.29 is 9.53 Å². The molecule has 2 bridgehead atoms. The molecule has 4 nitrogen and oxygen atoms in total. The summed E-state index contributed by atoms with van der Waals surface area (Å²) < 4.78 is 5.81.